The van der Waals surface area contributed by atoms with Crippen LogP contribution in [-0.2, 0) is 71.5 Å². The first kappa shape index (κ1) is 42.3. The van der Waals surface area contributed by atoms with E-state index >= 15 is 0 Å². The Morgan fingerprint density at radius 1 is 0.636 bits per heavy atom. The zero-order chi connectivity index (χ0) is 40.6. The van der Waals surface area contributed by atoms with E-state index in [1.165, 1.54) is 0 Å². The Morgan fingerprint density at radius 2 is 1.16 bits per heavy atom. The second kappa shape index (κ2) is 14.8. The van der Waals surface area contributed by atoms with Crippen molar-refractivity contribution >= 4 is 44.1 Å². The van der Waals surface area contributed by atoms with Crippen molar-refractivity contribution in [1.82, 2.24) is 0 Å². The molecule has 0 aromatic carbocycles. The third-order valence-electron chi connectivity index (χ3n) is 13.6. The molecular formula is C38H58O15S2. The largest absolute Gasteiger partial charge is 0.459 e. The molecule has 55 heavy (non-hydrogen) atoms. The van der Waals surface area contributed by atoms with E-state index in [1.807, 2.05) is 48.5 Å². The molecule has 8 rings (SSSR count). The summed E-state index contributed by atoms with van der Waals surface area (Å²) in [7, 11) is -6.99. The zero-order valence-electron chi connectivity index (χ0n) is 33.3. The lowest BCUT2D eigenvalue weighted by Crippen LogP contribution is -2.43. The van der Waals surface area contributed by atoms with Gasteiger partial charge < -0.3 is 23.7 Å². The van der Waals surface area contributed by atoms with E-state index in [-0.39, 0.29) is 65.2 Å². The van der Waals surface area contributed by atoms with E-state index in [9.17, 15) is 36.0 Å². The fourth-order valence-electron chi connectivity index (χ4n) is 8.66. The summed E-state index contributed by atoms with van der Waals surface area (Å²) in [4.78, 5) is 47.8. The minimum atomic E-state index is -3.56. The van der Waals surface area contributed by atoms with Crippen molar-refractivity contribution in [3.8, 4) is 0 Å². The molecule has 15 nitrogen and oxygen atoms in total. The molecule has 0 aromatic heterocycles. The smallest absolute Gasteiger partial charge is 0.348 e. The molecule has 3 saturated carbocycles. The van der Waals surface area contributed by atoms with Crippen LogP contribution < -0.4 is 0 Å². The lowest BCUT2D eigenvalue weighted by molar-refractivity contribution is -0.169. The summed E-state index contributed by atoms with van der Waals surface area (Å²) in [6.45, 7) is 16.8. The Morgan fingerprint density at radius 3 is 1.75 bits per heavy atom. The first-order valence-corrected chi connectivity index (χ1v) is 22.8. The normalized spacial score (nSPS) is 39.4. The van der Waals surface area contributed by atoms with Gasteiger partial charge in [0.15, 0.2) is 6.10 Å². The van der Waals surface area contributed by atoms with Gasteiger partial charge in [-0.3, -0.25) is 22.7 Å². The second-order valence-electron chi connectivity index (χ2n) is 18.3. The topological polar surface area (TPSA) is 201 Å². The predicted octanol–water partition coefficient (Wildman–Crippen LogP) is 4.13. The third-order valence-corrected chi connectivity index (χ3v) is 17.1. The molecule has 5 heterocycles. The van der Waals surface area contributed by atoms with Gasteiger partial charge in [-0.05, 0) is 99.3 Å². The van der Waals surface area contributed by atoms with Gasteiger partial charge in [0.25, 0.3) is 20.2 Å². The van der Waals surface area contributed by atoms with Crippen LogP contribution >= 0.6 is 0 Å². The molecule has 4 bridgehead atoms. The molecule has 5 aliphatic heterocycles. The highest BCUT2D eigenvalue weighted by molar-refractivity contribution is 7.88. The molecule has 0 amide bonds. The molecule has 312 valence electrons. The van der Waals surface area contributed by atoms with Crippen LogP contribution in [0.15, 0.2) is 0 Å². The summed E-state index contributed by atoms with van der Waals surface area (Å²) in [5.41, 5.74) is -1.64. The number of ether oxygens (including phenoxy) is 5. The number of hydrogen-bond donors (Lipinski definition) is 0. The summed E-state index contributed by atoms with van der Waals surface area (Å²) in [5, 5.41) is -0.951. The van der Waals surface area contributed by atoms with Crippen molar-refractivity contribution < 1.29 is 68.1 Å². The van der Waals surface area contributed by atoms with Gasteiger partial charge in [-0.1, -0.05) is 20.8 Å². The van der Waals surface area contributed by atoms with Crippen LogP contribution in [0.2, 0.25) is 0 Å². The van der Waals surface area contributed by atoms with Crippen LogP contribution in [0.1, 0.15) is 120 Å². The van der Waals surface area contributed by atoms with Gasteiger partial charge in [0.1, 0.15) is 35.8 Å². The summed E-state index contributed by atoms with van der Waals surface area (Å²) < 4.78 is 84.5. The number of hydrogen-bond acceptors (Lipinski definition) is 15. The van der Waals surface area contributed by atoms with Gasteiger partial charge in [0.2, 0.25) is 6.10 Å². The summed E-state index contributed by atoms with van der Waals surface area (Å²) in [6, 6.07) is 0. The fourth-order valence-corrected chi connectivity index (χ4v) is 12.2. The van der Waals surface area contributed by atoms with Crippen LogP contribution in [0, 0.1) is 34.0 Å². The quantitative estimate of drug-likeness (QED) is 0.183. The first-order chi connectivity index (χ1) is 25.5. The van der Waals surface area contributed by atoms with E-state index in [0.717, 1.165) is 25.7 Å². The maximum atomic E-state index is 12.1. The molecule has 0 aromatic rings. The lowest BCUT2D eigenvalue weighted by Gasteiger charge is -2.29. The Hall–Kier alpha value is -2.34. The maximum Gasteiger partial charge on any atom is 0.348 e. The van der Waals surface area contributed by atoms with Crippen LogP contribution in [0.5, 0.6) is 0 Å². The van der Waals surface area contributed by atoms with E-state index < -0.39 is 72.3 Å². The summed E-state index contributed by atoms with van der Waals surface area (Å²) in [5.74, 6) is -0.988. The van der Waals surface area contributed by atoms with E-state index in [2.05, 4.69) is 0 Å². The molecule has 3 aliphatic carbocycles. The van der Waals surface area contributed by atoms with E-state index in [1.54, 1.807) is 13.8 Å². The number of carbonyl (C=O) groups is 4. The highest BCUT2D eigenvalue weighted by Crippen LogP contribution is 2.56. The van der Waals surface area contributed by atoms with E-state index in [4.69, 9.17) is 32.1 Å². The van der Waals surface area contributed by atoms with Gasteiger partial charge in [-0.2, -0.15) is 16.8 Å². The number of fused-ring (bicyclic) bond motifs is 3. The summed E-state index contributed by atoms with van der Waals surface area (Å²) >= 11 is 0. The van der Waals surface area contributed by atoms with Crippen molar-refractivity contribution in [1.29, 1.82) is 0 Å². The molecule has 13 unspecified atom stereocenters. The standard InChI is InChI=1S/C13H20O5S.C13H20O4.C12H18O6S/c1-4-13(2,3)12(14)17-10-7-5-8-9(6-7)19(15,16)18-11(8)10;1-4-13(2,3)12(15)17-10-8-6-5-7-9(8)16-11(10)14;1-4-12(2,3)11(13)17-8-6-5-7-9(16-6)10(8)18-19(7,14)15/h7-11H,4-6H2,1-3H3;8-10H,4-7H2,1-3H3;6-10H,4-5H2,1-3H3. The Balaban J connectivity index is 0.000000141. The monoisotopic (exact) mass is 818 g/mol. The molecule has 17 heteroatoms. The van der Waals surface area contributed by atoms with Crippen LogP contribution in [0.3, 0.4) is 0 Å². The fraction of sp³-hybridized carbons (Fsp3) is 0.895. The zero-order valence-corrected chi connectivity index (χ0v) is 34.9. The van der Waals surface area contributed by atoms with Crippen LogP contribution in [0.4, 0.5) is 0 Å². The molecule has 0 N–H and O–H groups in total. The van der Waals surface area contributed by atoms with Gasteiger partial charge >= 0.3 is 23.9 Å². The third kappa shape index (κ3) is 7.70. The minimum absolute atomic E-state index is 0.0231. The van der Waals surface area contributed by atoms with Crippen molar-refractivity contribution in [2.75, 3.05) is 0 Å². The maximum absolute atomic E-state index is 12.1. The highest BCUT2D eigenvalue weighted by Gasteiger charge is 2.68. The first-order valence-electron chi connectivity index (χ1n) is 19.8. The van der Waals surface area contributed by atoms with Crippen molar-refractivity contribution in [2.24, 2.45) is 34.0 Å². The van der Waals surface area contributed by atoms with Gasteiger partial charge in [-0.25, -0.2) is 4.79 Å². The van der Waals surface area contributed by atoms with Crippen molar-refractivity contribution in [3.05, 3.63) is 0 Å². The van der Waals surface area contributed by atoms with Crippen LogP contribution in [-0.4, -0.2) is 100 Å². The lowest BCUT2D eigenvalue weighted by atomic mass is 9.89. The number of rotatable bonds is 9. The number of esters is 4. The molecular weight excluding hydrogens is 761 g/mol. The number of carbonyl (C=O) groups excluding carboxylic acids is 4. The predicted molar refractivity (Wildman–Crippen MR) is 194 cm³/mol. The van der Waals surface area contributed by atoms with E-state index in [0.29, 0.717) is 32.1 Å². The Bertz CT molecular complexity index is 1660. The SMILES string of the molecule is CCC(C)(C)C(=O)OC1C(=O)OC2CCCC21.CCC(C)(C)C(=O)OC1C2CC3C(O2)C1OS3(=O)=O.CCC(C)(C)C(=O)OC1C2CC3C1OS(=O)(=O)C3C2. The van der Waals surface area contributed by atoms with Gasteiger partial charge in [0.05, 0.1) is 27.6 Å². The molecule has 8 aliphatic rings. The average molecular weight is 819 g/mol. The molecule has 0 radical (unpaired) electrons. The molecule has 5 saturated heterocycles. The van der Waals surface area contributed by atoms with Crippen molar-refractivity contribution in [3.63, 3.8) is 0 Å². The Kier molecular flexibility index (Phi) is 11.4. The van der Waals surface area contributed by atoms with Gasteiger partial charge in [0, 0.05) is 17.8 Å². The minimum Gasteiger partial charge on any atom is -0.459 e. The second-order valence-corrected chi connectivity index (χ2v) is 21.9. The highest BCUT2D eigenvalue weighted by atomic mass is 32.2. The van der Waals surface area contributed by atoms with Gasteiger partial charge in [-0.15, -0.1) is 0 Å². The molecule has 13 atom stereocenters. The van der Waals surface area contributed by atoms with Crippen LogP contribution in [0.25, 0.3) is 0 Å². The summed E-state index contributed by atoms with van der Waals surface area (Å²) in [6.07, 6.45) is 3.06. The molecule has 0 spiro atoms. The average Bonchev–Trinajstić information content (AvgIpc) is 3.99. The Labute approximate surface area is 324 Å². The van der Waals surface area contributed by atoms with Crippen molar-refractivity contribution in [2.45, 2.75) is 179 Å². The molecule has 8 fully saturated rings.